The lowest BCUT2D eigenvalue weighted by Crippen LogP contribution is -2.46. The highest BCUT2D eigenvalue weighted by Crippen LogP contribution is 2.28. The third-order valence-electron chi connectivity index (χ3n) is 5.88. The van der Waals surface area contributed by atoms with Gasteiger partial charge in [0.1, 0.15) is 17.7 Å². The zero-order valence-electron chi connectivity index (χ0n) is 20.0. The van der Waals surface area contributed by atoms with E-state index in [1.807, 2.05) is 33.0 Å². The SMILES string of the molecule is CCc1nc2cc(C)c(C)cn2c1C(=O)NCc1cnc(N2CCN(S(=O)(=O)C(F)(F)F)C=N2)c(F)c1. The summed E-state index contributed by atoms with van der Waals surface area (Å²) in [6.07, 6.45) is 4.12. The van der Waals surface area contributed by atoms with Gasteiger partial charge in [0, 0.05) is 18.9 Å². The van der Waals surface area contributed by atoms with E-state index < -0.39 is 33.8 Å². The van der Waals surface area contributed by atoms with Crippen molar-refractivity contribution in [2.24, 2.45) is 5.10 Å². The Bertz CT molecular complexity index is 1500. The summed E-state index contributed by atoms with van der Waals surface area (Å²) in [6, 6.07) is 3.00. The molecule has 4 rings (SSSR count). The molecule has 15 heteroatoms. The molecule has 0 aromatic carbocycles. The highest BCUT2D eigenvalue weighted by Gasteiger charge is 2.50. The Morgan fingerprint density at radius 2 is 1.89 bits per heavy atom. The number of aromatic nitrogens is 3. The Kier molecular flexibility index (Phi) is 6.83. The third-order valence-corrected chi connectivity index (χ3v) is 7.36. The molecule has 3 aromatic rings. The number of nitrogens with one attached hydrogen (secondary N) is 1. The molecule has 0 fully saturated rings. The van der Waals surface area contributed by atoms with Gasteiger partial charge in [-0.3, -0.25) is 9.20 Å². The average Bonchev–Trinajstić information content (AvgIpc) is 3.19. The number of carbonyl (C=O) groups excluding carboxylic acids is 1. The van der Waals surface area contributed by atoms with Crippen molar-refractivity contribution in [1.29, 1.82) is 0 Å². The molecule has 1 N–H and O–H groups in total. The summed E-state index contributed by atoms with van der Waals surface area (Å²) in [5, 5.41) is 7.28. The summed E-state index contributed by atoms with van der Waals surface area (Å²) in [5.74, 6) is -1.54. The lowest BCUT2D eigenvalue weighted by Gasteiger charge is -2.29. The summed E-state index contributed by atoms with van der Waals surface area (Å²) in [7, 11) is -5.58. The van der Waals surface area contributed by atoms with Crippen LogP contribution in [-0.4, -0.2) is 57.9 Å². The van der Waals surface area contributed by atoms with Gasteiger partial charge in [0.25, 0.3) is 5.91 Å². The number of rotatable bonds is 6. The zero-order chi connectivity index (χ0) is 27.1. The van der Waals surface area contributed by atoms with E-state index in [2.05, 4.69) is 20.4 Å². The number of pyridine rings is 2. The van der Waals surface area contributed by atoms with Crippen LogP contribution in [0.25, 0.3) is 5.65 Å². The molecular formula is C22H23F4N7O3S. The number of hydrazone groups is 1. The molecule has 0 unspecified atom stereocenters. The Morgan fingerprint density at radius 3 is 2.49 bits per heavy atom. The summed E-state index contributed by atoms with van der Waals surface area (Å²) < 4.78 is 77.6. The molecule has 0 aliphatic carbocycles. The molecule has 0 saturated heterocycles. The first-order valence-corrected chi connectivity index (χ1v) is 12.6. The van der Waals surface area contributed by atoms with E-state index in [9.17, 15) is 30.8 Å². The first-order chi connectivity index (χ1) is 17.3. The van der Waals surface area contributed by atoms with Crippen molar-refractivity contribution < 1.29 is 30.8 Å². The van der Waals surface area contributed by atoms with Crippen LogP contribution in [-0.2, 0) is 23.0 Å². The number of fused-ring (bicyclic) bond motifs is 1. The van der Waals surface area contributed by atoms with E-state index in [0.29, 0.717) is 35.4 Å². The van der Waals surface area contributed by atoms with Crippen molar-refractivity contribution in [3.63, 3.8) is 0 Å². The van der Waals surface area contributed by atoms with Crippen LogP contribution >= 0.6 is 0 Å². The number of carbonyl (C=O) groups is 1. The number of alkyl halides is 3. The maximum Gasteiger partial charge on any atom is 0.516 e. The molecule has 1 aliphatic rings. The second-order valence-electron chi connectivity index (χ2n) is 8.38. The topological polar surface area (TPSA) is 112 Å². The van der Waals surface area contributed by atoms with Crippen LogP contribution < -0.4 is 10.3 Å². The minimum Gasteiger partial charge on any atom is -0.347 e. The molecule has 10 nitrogen and oxygen atoms in total. The van der Waals surface area contributed by atoms with Crippen LogP contribution in [0, 0.1) is 19.7 Å². The van der Waals surface area contributed by atoms with Gasteiger partial charge >= 0.3 is 15.5 Å². The largest absolute Gasteiger partial charge is 0.516 e. The number of amides is 1. The summed E-state index contributed by atoms with van der Waals surface area (Å²) in [6.45, 7) is 4.77. The molecule has 0 saturated carbocycles. The molecule has 1 amide bonds. The van der Waals surface area contributed by atoms with Crippen molar-refractivity contribution in [3.8, 4) is 0 Å². The lowest BCUT2D eigenvalue weighted by molar-refractivity contribution is -0.0471. The fourth-order valence-electron chi connectivity index (χ4n) is 3.75. The molecule has 0 atom stereocenters. The summed E-state index contributed by atoms with van der Waals surface area (Å²) >= 11 is 0. The predicted octanol–water partition coefficient (Wildman–Crippen LogP) is 2.89. The number of hydrogen-bond acceptors (Lipinski definition) is 7. The van der Waals surface area contributed by atoms with Crippen LogP contribution in [0.1, 0.15) is 39.8 Å². The van der Waals surface area contributed by atoms with Gasteiger partial charge in [-0.1, -0.05) is 6.92 Å². The molecule has 4 heterocycles. The van der Waals surface area contributed by atoms with Gasteiger partial charge in [-0.05, 0) is 49.1 Å². The number of imidazole rings is 1. The van der Waals surface area contributed by atoms with Gasteiger partial charge in [0.15, 0.2) is 11.6 Å². The van der Waals surface area contributed by atoms with E-state index in [0.717, 1.165) is 22.2 Å². The monoisotopic (exact) mass is 541 g/mol. The first-order valence-electron chi connectivity index (χ1n) is 11.1. The molecule has 0 bridgehead atoms. The van der Waals surface area contributed by atoms with Crippen LogP contribution in [0.3, 0.4) is 0 Å². The minimum atomic E-state index is -5.58. The normalized spacial score (nSPS) is 14.5. The van der Waals surface area contributed by atoms with E-state index in [1.54, 1.807) is 4.40 Å². The highest BCUT2D eigenvalue weighted by atomic mass is 32.2. The highest BCUT2D eigenvalue weighted by molar-refractivity contribution is 7.90. The van der Waals surface area contributed by atoms with Crippen molar-refractivity contribution in [1.82, 2.24) is 24.0 Å². The average molecular weight is 542 g/mol. The third kappa shape index (κ3) is 4.95. The molecule has 3 aromatic heterocycles. The fourth-order valence-corrected chi connectivity index (χ4v) is 4.50. The maximum absolute atomic E-state index is 14.7. The molecule has 0 spiro atoms. The van der Waals surface area contributed by atoms with Gasteiger partial charge in [-0.15, -0.1) is 0 Å². The van der Waals surface area contributed by atoms with Gasteiger partial charge in [-0.2, -0.15) is 26.7 Å². The number of hydrogen-bond donors (Lipinski definition) is 1. The van der Waals surface area contributed by atoms with Crippen molar-refractivity contribution in [3.05, 3.63) is 58.4 Å². The number of nitrogens with zero attached hydrogens (tertiary/aromatic N) is 6. The van der Waals surface area contributed by atoms with Crippen LogP contribution in [0.15, 0.2) is 29.6 Å². The van der Waals surface area contributed by atoms with Crippen molar-refractivity contribution in [2.45, 2.75) is 39.2 Å². The van der Waals surface area contributed by atoms with Gasteiger partial charge < -0.3 is 5.32 Å². The maximum atomic E-state index is 14.7. The minimum absolute atomic E-state index is 0.0405. The Balaban J connectivity index is 1.48. The Hall–Kier alpha value is -3.75. The molecular weight excluding hydrogens is 518 g/mol. The van der Waals surface area contributed by atoms with E-state index >= 15 is 0 Å². The fraction of sp³-hybridized carbons (Fsp3) is 0.364. The zero-order valence-corrected chi connectivity index (χ0v) is 20.9. The van der Waals surface area contributed by atoms with E-state index in [-0.39, 0.29) is 23.2 Å². The van der Waals surface area contributed by atoms with Crippen molar-refractivity contribution in [2.75, 3.05) is 18.1 Å². The summed E-state index contributed by atoms with van der Waals surface area (Å²) in [5.41, 5.74) is -1.47. The van der Waals surface area contributed by atoms with Crippen LogP contribution in [0.2, 0.25) is 0 Å². The standard InChI is InChI=1S/C22H23F4N7O3S/c1-4-17-19(32-11-14(3)13(2)7-18(32)30-17)21(34)28-10-15-8-16(23)20(27-9-15)33-6-5-31(12-29-33)37(35,36)22(24,25)26/h7-9,11-12H,4-6,10H2,1-3H3,(H,28,34). The van der Waals surface area contributed by atoms with Crippen LogP contribution in [0.4, 0.5) is 23.4 Å². The molecule has 37 heavy (non-hydrogen) atoms. The second kappa shape index (κ2) is 9.61. The Morgan fingerprint density at radius 1 is 1.16 bits per heavy atom. The predicted molar refractivity (Wildman–Crippen MR) is 127 cm³/mol. The summed E-state index contributed by atoms with van der Waals surface area (Å²) in [4.78, 5) is 21.5. The molecule has 0 radical (unpaired) electrons. The van der Waals surface area contributed by atoms with Crippen LogP contribution in [0.5, 0.6) is 0 Å². The lowest BCUT2D eigenvalue weighted by atomic mass is 10.2. The quantitative estimate of drug-likeness (QED) is 0.481. The van der Waals surface area contributed by atoms with Crippen molar-refractivity contribution >= 4 is 33.7 Å². The number of anilines is 1. The first kappa shape index (κ1) is 26.3. The van der Waals surface area contributed by atoms with Gasteiger partial charge in [-0.25, -0.2) is 23.7 Å². The number of aryl methyl sites for hydroxylation is 3. The van der Waals surface area contributed by atoms with Gasteiger partial charge in [0.05, 0.1) is 18.8 Å². The molecule has 198 valence electrons. The number of halogens is 4. The number of sulfonamides is 1. The van der Waals surface area contributed by atoms with E-state index in [1.165, 1.54) is 6.20 Å². The van der Waals surface area contributed by atoms with E-state index in [4.69, 9.17) is 0 Å². The Labute approximate surface area is 209 Å². The van der Waals surface area contributed by atoms with Gasteiger partial charge in [0.2, 0.25) is 0 Å². The smallest absolute Gasteiger partial charge is 0.347 e. The molecule has 1 aliphatic heterocycles. The second-order valence-corrected chi connectivity index (χ2v) is 10.3.